The molecule has 0 saturated heterocycles. The van der Waals surface area contributed by atoms with Crippen molar-refractivity contribution >= 4 is 37.7 Å². The molecule has 0 aliphatic carbocycles. The van der Waals surface area contributed by atoms with E-state index >= 15 is 0 Å². The summed E-state index contributed by atoms with van der Waals surface area (Å²) in [6, 6.07) is 0. The van der Waals surface area contributed by atoms with E-state index in [-0.39, 0.29) is 95.4 Å². The van der Waals surface area contributed by atoms with E-state index in [1.165, 1.54) is 0 Å². The van der Waals surface area contributed by atoms with Crippen molar-refractivity contribution in [3.8, 4) is 0 Å². The van der Waals surface area contributed by atoms with Crippen LogP contribution in [0.5, 0.6) is 0 Å². The predicted molar refractivity (Wildman–Crippen MR) is 27.4 cm³/mol. The quantitative estimate of drug-likeness (QED) is 0.350. The van der Waals surface area contributed by atoms with E-state index in [1.807, 2.05) is 0 Å². The van der Waals surface area contributed by atoms with Crippen LogP contribution in [-0.2, 0) is 0 Å². The molecule has 0 spiro atoms. The molecule has 0 saturated carbocycles. The molecule has 0 aromatic carbocycles. The summed E-state index contributed by atoms with van der Waals surface area (Å²) in [5.41, 5.74) is 0. The van der Waals surface area contributed by atoms with Crippen molar-refractivity contribution in [2.45, 2.75) is 0 Å². The molecule has 0 aliphatic heterocycles. The topological polar surface area (TPSA) is 189 Å². The molecular formula is H12CaCl2O6. The van der Waals surface area contributed by atoms with Gasteiger partial charge in [-0.3, -0.25) is 0 Å². The standard InChI is InChI=1S/Ca.2ClH.6H2O/h;2*1H;6*1H2/q+2;;;;;;;;/p-2. The maximum atomic E-state index is 0. The van der Waals surface area contributed by atoms with E-state index in [9.17, 15) is 0 Å². The van der Waals surface area contributed by atoms with Gasteiger partial charge in [0.1, 0.15) is 0 Å². The van der Waals surface area contributed by atoms with Gasteiger partial charge in [0.25, 0.3) is 0 Å². The molecule has 0 aromatic rings. The Morgan fingerprint density at radius 2 is 0.333 bits per heavy atom. The Labute approximate surface area is 94.7 Å². The van der Waals surface area contributed by atoms with Gasteiger partial charge in [-0.25, -0.2) is 0 Å². The van der Waals surface area contributed by atoms with Crippen LogP contribution in [-0.4, -0.2) is 70.6 Å². The van der Waals surface area contributed by atoms with E-state index < -0.39 is 0 Å². The smallest absolute Gasteiger partial charge is 1.00 e. The molecule has 0 fully saturated rings. The van der Waals surface area contributed by atoms with E-state index in [2.05, 4.69) is 0 Å². The van der Waals surface area contributed by atoms with Gasteiger partial charge in [-0.2, -0.15) is 0 Å². The Balaban J connectivity index is 0. The van der Waals surface area contributed by atoms with Gasteiger partial charge < -0.3 is 57.7 Å². The van der Waals surface area contributed by atoms with Gasteiger partial charge in [0.2, 0.25) is 0 Å². The first kappa shape index (κ1) is 382. The van der Waals surface area contributed by atoms with Crippen LogP contribution in [0.4, 0.5) is 0 Å². The Hall–Kier alpha value is 1.60. The van der Waals surface area contributed by atoms with Crippen molar-refractivity contribution in [1.82, 2.24) is 0 Å². The Kier molecular flexibility index (Phi) is 11800. The first-order valence-corrected chi connectivity index (χ1v) is 0. The predicted octanol–water partition coefficient (Wildman–Crippen LogP) is -11.3. The molecule has 64 valence electrons. The maximum Gasteiger partial charge on any atom is 2.00 e. The van der Waals surface area contributed by atoms with Crippen LogP contribution < -0.4 is 24.8 Å². The van der Waals surface area contributed by atoms with Crippen LogP contribution >= 0.6 is 0 Å². The third-order valence-corrected chi connectivity index (χ3v) is 0. The molecule has 0 aromatic heterocycles. The van der Waals surface area contributed by atoms with Gasteiger partial charge in [0.15, 0.2) is 0 Å². The normalized spacial score (nSPS) is 0. The SMILES string of the molecule is O.O.O.O.O.O.[Ca+2].[Cl-].[Cl-]. The Morgan fingerprint density at radius 3 is 0.333 bits per heavy atom. The molecule has 0 unspecified atom stereocenters. The molecule has 0 amide bonds. The number of hydrogen-bond acceptors (Lipinski definition) is 0. The molecule has 0 atom stereocenters. The number of rotatable bonds is 0. The summed E-state index contributed by atoms with van der Waals surface area (Å²) in [6.07, 6.45) is 0. The third kappa shape index (κ3) is 217. The fourth-order valence-electron chi connectivity index (χ4n) is 0. The second kappa shape index (κ2) is 277. The molecule has 0 heterocycles. The zero-order chi connectivity index (χ0) is 0. The second-order valence-electron chi connectivity index (χ2n) is 0. The van der Waals surface area contributed by atoms with Crippen molar-refractivity contribution in [2.75, 3.05) is 0 Å². The fraction of sp³-hybridized carbons (Fsp3) is 0. The minimum Gasteiger partial charge on any atom is -1.00 e. The van der Waals surface area contributed by atoms with Crippen molar-refractivity contribution < 1.29 is 57.7 Å². The van der Waals surface area contributed by atoms with E-state index in [4.69, 9.17) is 0 Å². The monoisotopic (exact) mass is 218 g/mol. The summed E-state index contributed by atoms with van der Waals surface area (Å²) in [7, 11) is 0. The van der Waals surface area contributed by atoms with E-state index in [0.29, 0.717) is 0 Å². The minimum absolute atomic E-state index is 0. The number of hydrogen-bond donors (Lipinski definition) is 0. The molecule has 9 heavy (non-hydrogen) atoms. The average molecular weight is 219 g/mol. The van der Waals surface area contributed by atoms with Gasteiger partial charge >= 0.3 is 37.7 Å². The summed E-state index contributed by atoms with van der Waals surface area (Å²) >= 11 is 0. The van der Waals surface area contributed by atoms with E-state index in [1.54, 1.807) is 0 Å². The first-order valence-electron chi connectivity index (χ1n) is 0. The molecular weight excluding hydrogens is 207 g/mol. The summed E-state index contributed by atoms with van der Waals surface area (Å²) < 4.78 is 0. The molecule has 0 aliphatic rings. The maximum absolute atomic E-state index is 0. The van der Waals surface area contributed by atoms with Crippen molar-refractivity contribution in [1.29, 1.82) is 0 Å². The van der Waals surface area contributed by atoms with Gasteiger partial charge in [0, 0.05) is 0 Å². The summed E-state index contributed by atoms with van der Waals surface area (Å²) in [6.45, 7) is 0. The molecule has 12 N–H and O–H groups in total. The third-order valence-electron chi connectivity index (χ3n) is 0. The molecule has 6 nitrogen and oxygen atoms in total. The summed E-state index contributed by atoms with van der Waals surface area (Å²) in [4.78, 5) is 0. The molecule has 0 radical (unpaired) electrons. The molecule has 0 rings (SSSR count). The number of halogens is 2. The van der Waals surface area contributed by atoms with Crippen molar-refractivity contribution in [2.24, 2.45) is 0 Å². The van der Waals surface area contributed by atoms with Crippen LogP contribution in [0, 0.1) is 0 Å². The van der Waals surface area contributed by atoms with Crippen LogP contribution in [0.2, 0.25) is 0 Å². The van der Waals surface area contributed by atoms with Crippen LogP contribution in [0.3, 0.4) is 0 Å². The van der Waals surface area contributed by atoms with Gasteiger partial charge in [0.05, 0.1) is 0 Å². The Bertz CT molecular complexity index is 11.0. The van der Waals surface area contributed by atoms with E-state index in [0.717, 1.165) is 0 Å². The fourth-order valence-corrected chi connectivity index (χ4v) is 0. The van der Waals surface area contributed by atoms with Gasteiger partial charge in [-0.1, -0.05) is 0 Å². The summed E-state index contributed by atoms with van der Waals surface area (Å²) in [5.74, 6) is 0. The van der Waals surface area contributed by atoms with Gasteiger partial charge in [-0.15, -0.1) is 0 Å². The van der Waals surface area contributed by atoms with Crippen LogP contribution in [0.1, 0.15) is 0 Å². The van der Waals surface area contributed by atoms with Gasteiger partial charge in [-0.05, 0) is 0 Å². The van der Waals surface area contributed by atoms with Crippen molar-refractivity contribution in [3.63, 3.8) is 0 Å². The zero-order valence-corrected chi connectivity index (χ0v) is 8.18. The molecule has 9 heteroatoms. The van der Waals surface area contributed by atoms with Crippen LogP contribution in [0.25, 0.3) is 0 Å². The first-order chi connectivity index (χ1) is 0. The summed E-state index contributed by atoms with van der Waals surface area (Å²) in [5, 5.41) is 0. The average Bonchev–Trinajstić information content (AvgIpc) is 0. The second-order valence-corrected chi connectivity index (χ2v) is 0. The largest absolute Gasteiger partial charge is 2.00 e. The van der Waals surface area contributed by atoms with Crippen molar-refractivity contribution in [3.05, 3.63) is 0 Å². The van der Waals surface area contributed by atoms with Crippen LogP contribution in [0.15, 0.2) is 0 Å². The zero-order valence-electron chi connectivity index (χ0n) is 4.46. The Morgan fingerprint density at radius 1 is 0.333 bits per heavy atom. The molecule has 0 bridgehead atoms. The minimum atomic E-state index is 0.